The first-order valence-electron chi connectivity index (χ1n) is 9.47. The molecule has 2 aromatic rings. The monoisotopic (exact) mass is 451 g/mol. The minimum Gasteiger partial charge on any atom is -0.465 e. The van der Waals surface area contributed by atoms with Crippen molar-refractivity contribution in [2.45, 2.75) is 25.7 Å². The summed E-state index contributed by atoms with van der Waals surface area (Å²) in [6.45, 7) is 0. The van der Waals surface area contributed by atoms with E-state index in [0.717, 1.165) is 44.7 Å². The second-order valence-corrected chi connectivity index (χ2v) is 10.4. The predicted octanol–water partition coefficient (Wildman–Crippen LogP) is 2.91. The lowest BCUT2D eigenvalue weighted by atomic mass is 9.95. The van der Waals surface area contributed by atoms with Crippen LogP contribution < -0.4 is 9.62 Å². The van der Waals surface area contributed by atoms with Gasteiger partial charge >= 0.3 is 16.2 Å². The van der Waals surface area contributed by atoms with E-state index in [0.29, 0.717) is 21.8 Å². The molecule has 1 amide bonds. The summed E-state index contributed by atoms with van der Waals surface area (Å²) in [5, 5.41) is 3.33. The Balaban J connectivity index is 1.84. The molecule has 0 spiro atoms. The van der Waals surface area contributed by atoms with E-state index in [1.54, 1.807) is 24.3 Å². The van der Waals surface area contributed by atoms with Gasteiger partial charge in [0.1, 0.15) is 5.00 Å². The molecule has 0 fully saturated rings. The maximum Gasteiger partial charge on any atom is 0.341 e. The molecular weight excluding hydrogens is 426 g/mol. The highest BCUT2D eigenvalue weighted by molar-refractivity contribution is 7.90. The minimum absolute atomic E-state index is 0.358. The van der Waals surface area contributed by atoms with Crippen molar-refractivity contribution >= 4 is 44.1 Å². The van der Waals surface area contributed by atoms with Gasteiger partial charge in [0.15, 0.2) is 0 Å². The third kappa shape index (κ3) is 4.21. The van der Waals surface area contributed by atoms with E-state index in [-0.39, 0.29) is 5.91 Å². The molecule has 0 saturated heterocycles. The fraction of sp³-hybridized carbons (Fsp3) is 0.400. The molecule has 1 N–H and O–H groups in total. The number of hydrogen-bond donors (Lipinski definition) is 1. The average Bonchev–Trinajstić information content (AvgIpc) is 3.10. The van der Waals surface area contributed by atoms with Gasteiger partial charge in [-0.1, -0.05) is 0 Å². The zero-order chi connectivity index (χ0) is 22.1. The third-order valence-electron chi connectivity index (χ3n) is 5.09. The maximum atomic E-state index is 12.8. The average molecular weight is 452 g/mol. The lowest BCUT2D eigenvalue weighted by Gasteiger charge is -2.23. The zero-order valence-electron chi connectivity index (χ0n) is 17.4. The van der Waals surface area contributed by atoms with Crippen LogP contribution in [0.4, 0.5) is 10.7 Å². The first-order valence-corrected chi connectivity index (χ1v) is 11.7. The van der Waals surface area contributed by atoms with Crippen molar-refractivity contribution in [3.05, 3.63) is 45.8 Å². The van der Waals surface area contributed by atoms with Gasteiger partial charge < -0.3 is 10.1 Å². The van der Waals surface area contributed by atoms with Crippen LogP contribution in [0, 0.1) is 0 Å². The molecule has 8 nitrogen and oxygen atoms in total. The number of esters is 1. The summed E-state index contributed by atoms with van der Waals surface area (Å²) >= 11 is 1.42. The van der Waals surface area contributed by atoms with Gasteiger partial charge in [-0.3, -0.25) is 9.10 Å². The Morgan fingerprint density at radius 1 is 1.07 bits per heavy atom. The summed E-state index contributed by atoms with van der Waals surface area (Å²) in [6, 6.07) is 6.24. The van der Waals surface area contributed by atoms with Crippen molar-refractivity contribution in [1.29, 1.82) is 0 Å². The SMILES string of the molecule is COC(=O)c1c(NC(=O)c2ccc(N(C)S(=O)(=O)N(C)C)cc2)sc2c1CCCC2. The van der Waals surface area contributed by atoms with Gasteiger partial charge in [-0.05, 0) is 55.5 Å². The van der Waals surface area contributed by atoms with Crippen LogP contribution in [0.5, 0.6) is 0 Å². The van der Waals surface area contributed by atoms with Crippen LogP contribution in [-0.2, 0) is 27.8 Å². The van der Waals surface area contributed by atoms with Crippen molar-refractivity contribution in [3.8, 4) is 0 Å². The van der Waals surface area contributed by atoms with E-state index in [1.165, 1.54) is 39.6 Å². The Bertz CT molecular complexity index is 1060. The van der Waals surface area contributed by atoms with E-state index in [1.807, 2.05) is 0 Å². The predicted molar refractivity (Wildman–Crippen MR) is 118 cm³/mol. The van der Waals surface area contributed by atoms with E-state index < -0.39 is 16.2 Å². The van der Waals surface area contributed by atoms with E-state index in [2.05, 4.69) is 5.32 Å². The van der Waals surface area contributed by atoms with Crippen LogP contribution in [0.1, 0.15) is 44.0 Å². The molecule has 0 radical (unpaired) electrons. The normalized spacial score (nSPS) is 13.6. The second-order valence-electron chi connectivity index (χ2n) is 7.17. The van der Waals surface area contributed by atoms with Crippen LogP contribution in [-0.4, -0.2) is 52.9 Å². The van der Waals surface area contributed by atoms with Gasteiger partial charge in [-0.15, -0.1) is 11.3 Å². The Morgan fingerprint density at radius 2 is 1.70 bits per heavy atom. The molecule has 0 aliphatic heterocycles. The molecule has 1 aliphatic carbocycles. The number of nitrogens with zero attached hydrogens (tertiary/aromatic N) is 2. The van der Waals surface area contributed by atoms with Crippen LogP contribution in [0.25, 0.3) is 0 Å². The highest BCUT2D eigenvalue weighted by Gasteiger charge is 2.27. The molecule has 0 unspecified atom stereocenters. The summed E-state index contributed by atoms with van der Waals surface area (Å²) < 4.78 is 31.7. The fourth-order valence-electron chi connectivity index (χ4n) is 3.35. The largest absolute Gasteiger partial charge is 0.465 e. The molecule has 1 heterocycles. The molecule has 1 aliphatic rings. The number of benzene rings is 1. The fourth-order valence-corrected chi connectivity index (χ4v) is 5.50. The molecule has 3 rings (SSSR count). The number of rotatable bonds is 6. The number of thiophene rings is 1. The van der Waals surface area contributed by atoms with Crippen LogP contribution in [0.15, 0.2) is 24.3 Å². The number of nitrogens with one attached hydrogen (secondary N) is 1. The lowest BCUT2D eigenvalue weighted by Crippen LogP contribution is -2.37. The standard InChI is InChI=1S/C20H25N3O5S2/c1-22(2)30(26,27)23(3)14-11-9-13(10-12-14)18(24)21-19-17(20(25)28-4)15-7-5-6-8-16(15)29-19/h9-12H,5-8H2,1-4H3,(H,21,24). The van der Waals surface area contributed by atoms with Gasteiger partial charge in [-0.25, -0.2) is 4.79 Å². The molecule has 1 aromatic carbocycles. The number of carbonyl (C=O) groups is 2. The maximum absolute atomic E-state index is 12.8. The number of amides is 1. The molecule has 162 valence electrons. The summed E-state index contributed by atoms with van der Waals surface area (Å²) in [7, 11) is 2.07. The smallest absolute Gasteiger partial charge is 0.341 e. The van der Waals surface area contributed by atoms with E-state index >= 15 is 0 Å². The Labute approximate surface area is 180 Å². The van der Waals surface area contributed by atoms with E-state index in [9.17, 15) is 18.0 Å². The van der Waals surface area contributed by atoms with Crippen LogP contribution in [0.3, 0.4) is 0 Å². The quantitative estimate of drug-likeness (QED) is 0.682. The van der Waals surface area contributed by atoms with Crippen molar-refractivity contribution < 1.29 is 22.7 Å². The zero-order valence-corrected chi connectivity index (χ0v) is 19.0. The van der Waals surface area contributed by atoms with Gasteiger partial charge in [0.25, 0.3) is 5.91 Å². The van der Waals surface area contributed by atoms with Gasteiger partial charge in [-0.2, -0.15) is 12.7 Å². The molecule has 0 saturated carbocycles. The topological polar surface area (TPSA) is 96.0 Å². The summed E-state index contributed by atoms with van der Waals surface area (Å²) in [5.74, 6) is -0.820. The number of fused-ring (bicyclic) bond motifs is 1. The molecule has 0 bridgehead atoms. The first-order chi connectivity index (χ1) is 14.2. The number of methoxy groups -OCH3 is 1. The third-order valence-corrected chi connectivity index (χ3v) is 8.12. The molecular formula is C20H25N3O5S2. The number of aryl methyl sites for hydroxylation is 1. The van der Waals surface area contributed by atoms with Gasteiger partial charge in [0, 0.05) is 31.6 Å². The Hall–Kier alpha value is -2.43. The molecule has 30 heavy (non-hydrogen) atoms. The van der Waals surface area contributed by atoms with Gasteiger partial charge in [0.2, 0.25) is 0 Å². The van der Waals surface area contributed by atoms with Crippen LogP contribution >= 0.6 is 11.3 Å². The Kier molecular flexibility index (Phi) is 6.49. The van der Waals surface area contributed by atoms with Crippen molar-refractivity contribution in [3.63, 3.8) is 0 Å². The second kappa shape index (κ2) is 8.75. The van der Waals surface area contributed by atoms with Gasteiger partial charge in [0.05, 0.1) is 18.4 Å². The summed E-state index contributed by atoms with van der Waals surface area (Å²) in [4.78, 5) is 26.2. The number of anilines is 2. The number of ether oxygens (including phenoxy) is 1. The Morgan fingerprint density at radius 3 is 2.30 bits per heavy atom. The number of hydrogen-bond acceptors (Lipinski definition) is 6. The van der Waals surface area contributed by atoms with E-state index in [4.69, 9.17) is 4.74 Å². The summed E-state index contributed by atoms with van der Waals surface area (Å²) in [5.41, 5.74) is 2.21. The number of carbonyl (C=O) groups excluding carboxylic acids is 2. The lowest BCUT2D eigenvalue weighted by molar-refractivity contribution is 0.0601. The highest BCUT2D eigenvalue weighted by Crippen LogP contribution is 2.38. The molecule has 10 heteroatoms. The van der Waals surface area contributed by atoms with Crippen molar-refractivity contribution in [1.82, 2.24) is 4.31 Å². The minimum atomic E-state index is -3.62. The van der Waals surface area contributed by atoms with Crippen molar-refractivity contribution in [2.24, 2.45) is 0 Å². The summed E-state index contributed by atoms with van der Waals surface area (Å²) in [6.07, 6.45) is 3.76. The molecule has 1 aromatic heterocycles. The molecule has 0 atom stereocenters. The van der Waals surface area contributed by atoms with Crippen molar-refractivity contribution in [2.75, 3.05) is 37.9 Å². The highest BCUT2D eigenvalue weighted by atomic mass is 32.2. The first kappa shape index (κ1) is 22.3. The van der Waals surface area contributed by atoms with Crippen LogP contribution in [0.2, 0.25) is 0 Å².